The van der Waals surface area contributed by atoms with E-state index in [2.05, 4.69) is 0 Å². The lowest BCUT2D eigenvalue weighted by atomic mass is 10.3. The van der Waals surface area contributed by atoms with Gasteiger partial charge in [0.05, 0.1) is 5.75 Å². The van der Waals surface area contributed by atoms with E-state index in [1.165, 1.54) is 17.8 Å². The monoisotopic (exact) mass is 289 g/mol. The number of thioether (sulfide) groups is 1. The van der Waals surface area contributed by atoms with Crippen LogP contribution in [0.5, 0.6) is 0 Å². The predicted molar refractivity (Wildman–Crippen MR) is 71.0 cm³/mol. The van der Waals surface area contributed by atoms with Gasteiger partial charge in [-0.15, -0.1) is 11.8 Å². The van der Waals surface area contributed by atoms with Crippen LogP contribution in [-0.4, -0.2) is 41.4 Å². The van der Waals surface area contributed by atoms with Crippen molar-refractivity contribution in [1.82, 2.24) is 4.90 Å². The molecule has 0 aliphatic heterocycles. The topological polar surface area (TPSA) is 40.5 Å². The minimum absolute atomic E-state index is 0.0418. The molecule has 0 saturated heterocycles. The highest BCUT2D eigenvalue weighted by Gasteiger charge is 2.12. The highest BCUT2D eigenvalue weighted by Crippen LogP contribution is 2.20. The number of carbonyl (C=O) groups excluding carboxylic acids is 1. The first-order valence-corrected chi connectivity index (χ1v) is 7.03. The number of rotatable bonds is 7. The third-order valence-electron chi connectivity index (χ3n) is 2.57. The molecular formula is C13H17F2NO2S. The predicted octanol–water partition coefficient (Wildman–Crippen LogP) is 2.29. The Labute approximate surface area is 115 Å². The van der Waals surface area contributed by atoms with Crippen molar-refractivity contribution in [3.63, 3.8) is 0 Å². The third-order valence-corrected chi connectivity index (χ3v) is 3.55. The van der Waals surface area contributed by atoms with E-state index in [1.54, 1.807) is 4.90 Å². The van der Waals surface area contributed by atoms with E-state index in [0.29, 0.717) is 24.4 Å². The van der Waals surface area contributed by atoms with Crippen LogP contribution >= 0.6 is 11.8 Å². The summed E-state index contributed by atoms with van der Waals surface area (Å²) in [5, 5.41) is 8.74. The van der Waals surface area contributed by atoms with Crippen molar-refractivity contribution in [1.29, 1.82) is 0 Å². The lowest BCUT2D eigenvalue weighted by Gasteiger charge is -2.20. The van der Waals surface area contributed by atoms with Crippen molar-refractivity contribution < 1.29 is 18.7 Å². The maximum Gasteiger partial charge on any atom is 0.232 e. The first kappa shape index (κ1) is 15.9. The quantitative estimate of drug-likeness (QED) is 0.783. The van der Waals surface area contributed by atoms with Gasteiger partial charge in [-0.05, 0) is 31.5 Å². The fourth-order valence-corrected chi connectivity index (χ4v) is 2.35. The van der Waals surface area contributed by atoms with Crippen LogP contribution < -0.4 is 0 Å². The summed E-state index contributed by atoms with van der Waals surface area (Å²) in [6, 6.07) is 3.57. The molecule has 0 aliphatic carbocycles. The van der Waals surface area contributed by atoms with Gasteiger partial charge in [0.1, 0.15) is 0 Å². The lowest BCUT2D eigenvalue weighted by Crippen LogP contribution is -2.33. The molecule has 3 nitrogen and oxygen atoms in total. The SMILES string of the molecule is CCN(CCCO)C(=O)CSc1ccc(F)c(F)c1. The van der Waals surface area contributed by atoms with Gasteiger partial charge < -0.3 is 10.0 Å². The molecule has 1 rings (SSSR count). The Hall–Kier alpha value is -1.14. The zero-order valence-corrected chi connectivity index (χ0v) is 11.6. The van der Waals surface area contributed by atoms with Crippen molar-refractivity contribution in [3.8, 4) is 0 Å². The summed E-state index contributed by atoms with van der Waals surface area (Å²) in [5.41, 5.74) is 0. The molecule has 0 saturated carbocycles. The van der Waals surface area contributed by atoms with Gasteiger partial charge in [-0.1, -0.05) is 0 Å². The molecule has 1 N–H and O–H groups in total. The number of aliphatic hydroxyl groups is 1. The number of aliphatic hydroxyl groups excluding tert-OH is 1. The zero-order valence-electron chi connectivity index (χ0n) is 10.7. The van der Waals surface area contributed by atoms with Crippen molar-refractivity contribution >= 4 is 17.7 Å². The average Bonchev–Trinajstić information content (AvgIpc) is 2.41. The Balaban J connectivity index is 2.50. The molecule has 0 aromatic heterocycles. The van der Waals surface area contributed by atoms with Crippen molar-refractivity contribution in [2.24, 2.45) is 0 Å². The molecule has 0 spiro atoms. The maximum atomic E-state index is 13.0. The Morgan fingerprint density at radius 3 is 2.68 bits per heavy atom. The second-order valence-corrected chi connectivity index (χ2v) is 4.96. The zero-order chi connectivity index (χ0) is 14.3. The maximum absolute atomic E-state index is 13.0. The van der Waals surface area contributed by atoms with Gasteiger partial charge in [0.25, 0.3) is 0 Å². The molecule has 0 fully saturated rings. The van der Waals surface area contributed by atoms with E-state index in [0.717, 1.165) is 12.1 Å². The van der Waals surface area contributed by atoms with E-state index in [1.807, 2.05) is 6.92 Å². The van der Waals surface area contributed by atoms with Gasteiger partial charge in [0, 0.05) is 24.6 Å². The summed E-state index contributed by atoms with van der Waals surface area (Å²) in [5.74, 6) is -1.71. The number of hydrogen-bond donors (Lipinski definition) is 1. The fraction of sp³-hybridized carbons (Fsp3) is 0.462. The van der Waals surface area contributed by atoms with E-state index in [-0.39, 0.29) is 18.3 Å². The van der Waals surface area contributed by atoms with Crippen LogP contribution in [0, 0.1) is 11.6 Å². The number of benzene rings is 1. The van der Waals surface area contributed by atoms with Crippen LogP contribution in [0.3, 0.4) is 0 Å². The number of carbonyl (C=O) groups is 1. The standard InChI is InChI=1S/C13H17F2NO2S/c1-2-16(6-3-7-17)13(18)9-19-10-4-5-11(14)12(15)8-10/h4-5,8,17H,2-3,6-7,9H2,1H3. The molecule has 0 radical (unpaired) electrons. The molecular weight excluding hydrogens is 272 g/mol. The normalized spacial score (nSPS) is 10.5. The second-order valence-electron chi connectivity index (χ2n) is 3.92. The molecule has 0 atom stereocenters. The largest absolute Gasteiger partial charge is 0.396 e. The minimum atomic E-state index is -0.912. The van der Waals surface area contributed by atoms with Gasteiger partial charge in [-0.3, -0.25) is 4.79 Å². The van der Waals surface area contributed by atoms with E-state index in [9.17, 15) is 13.6 Å². The lowest BCUT2D eigenvalue weighted by molar-refractivity contribution is -0.128. The van der Waals surface area contributed by atoms with Crippen molar-refractivity contribution in [3.05, 3.63) is 29.8 Å². The van der Waals surface area contributed by atoms with Crippen LogP contribution in [0.2, 0.25) is 0 Å². The van der Waals surface area contributed by atoms with Gasteiger partial charge in [-0.25, -0.2) is 8.78 Å². The number of halogens is 2. The van der Waals surface area contributed by atoms with Crippen LogP contribution in [0.1, 0.15) is 13.3 Å². The second kappa shape index (κ2) is 8.12. The summed E-state index contributed by atoms with van der Waals surface area (Å²) in [7, 11) is 0. The van der Waals surface area contributed by atoms with Gasteiger partial charge in [0.2, 0.25) is 5.91 Å². The molecule has 0 aliphatic rings. The van der Waals surface area contributed by atoms with Crippen LogP contribution in [-0.2, 0) is 4.79 Å². The molecule has 0 unspecified atom stereocenters. The summed E-state index contributed by atoms with van der Waals surface area (Å²) in [6.07, 6.45) is 0.537. The third kappa shape index (κ3) is 5.16. The van der Waals surface area contributed by atoms with E-state index < -0.39 is 11.6 Å². The molecule has 106 valence electrons. The molecule has 1 aromatic rings. The smallest absolute Gasteiger partial charge is 0.232 e. The summed E-state index contributed by atoms with van der Waals surface area (Å²) in [4.78, 5) is 14.0. The van der Waals surface area contributed by atoms with Crippen molar-refractivity contribution in [2.45, 2.75) is 18.2 Å². The average molecular weight is 289 g/mol. The Morgan fingerprint density at radius 2 is 2.11 bits per heavy atom. The van der Waals surface area contributed by atoms with Crippen LogP contribution in [0.15, 0.2) is 23.1 Å². The summed E-state index contributed by atoms with van der Waals surface area (Å²) >= 11 is 1.17. The number of amides is 1. The number of nitrogens with zero attached hydrogens (tertiary/aromatic N) is 1. The first-order chi connectivity index (χ1) is 9.08. The van der Waals surface area contributed by atoms with Crippen LogP contribution in [0.25, 0.3) is 0 Å². The molecule has 1 aromatic carbocycles. The molecule has 6 heteroatoms. The minimum Gasteiger partial charge on any atom is -0.396 e. The highest BCUT2D eigenvalue weighted by molar-refractivity contribution is 8.00. The summed E-state index contributed by atoms with van der Waals surface area (Å²) in [6.45, 7) is 2.97. The van der Waals surface area contributed by atoms with Gasteiger partial charge >= 0.3 is 0 Å². The Bertz CT molecular complexity index is 429. The molecule has 0 bridgehead atoms. The molecule has 0 heterocycles. The van der Waals surface area contributed by atoms with E-state index in [4.69, 9.17) is 5.11 Å². The molecule has 1 amide bonds. The van der Waals surface area contributed by atoms with E-state index >= 15 is 0 Å². The highest BCUT2D eigenvalue weighted by atomic mass is 32.2. The number of hydrogen-bond acceptors (Lipinski definition) is 3. The Morgan fingerprint density at radius 1 is 1.37 bits per heavy atom. The van der Waals surface area contributed by atoms with Gasteiger partial charge in [-0.2, -0.15) is 0 Å². The Kier molecular flexibility index (Phi) is 6.80. The van der Waals surface area contributed by atoms with Crippen LogP contribution in [0.4, 0.5) is 8.78 Å². The molecule has 19 heavy (non-hydrogen) atoms. The first-order valence-electron chi connectivity index (χ1n) is 6.05. The fourth-order valence-electron chi connectivity index (χ4n) is 1.52. The van der Waals surface area contributed by atoms with Gasteiger partial charge in [0.15, 0.2) is 11.6 Å². The van der Waals surface area contributed by atoms with Crippen molar-refractivity contribution in [2.75, 3.05) is 25.4 Å². The summed E-state index contributed by atoms with van der Waals surface area (Å²) < 4.78 is 25.7.